The van der Waals surface area contributed by atoms with Gasteiger partial charge in [-0.1, -0.05) is 78.9 Å². The molecule has 194 valence electrons. The predicted molar refractivity (Wildman–Crippen MR) is 149 cm³/mol. The number of para-hydroxylation sites is 1. The number of aromatic nitrogens is 2. The number of carbonyl (C=O) groups is 2. The molecule has 0 spiro atoms. The van der Waals surface area contributed by atoms with Gasteiger partial charge in [0.25, 0.3) is 0 Å². The number of anilines is 1. The maximum atomic E-state index is 13.6. The molecule has 2 aromatic heterocycles. The second kappa shape index (κ2) is 10.8. The molecule has 1 N–H and O–H groups in total. The molecule has 6 rings (SSSR count). The third kappa shape index (κ3) is 5.52. The van der Waals surface area contributed by atoms with E-state index in [2.05, 4.69) is 17.4 Å². The van der Waals surface area contributed by atoms with Crippen molar-refractivity contribution in [1.82, 2.24) is 14.7 Å². The number of benzene rings is 3. The van der Waals surface area contributed by atoms with E-state index in [1.807, 2.05) is 91.0 Å². The summed E-state index contributed by atoms with van der Waals surface area (Å²) >= 11 is 0. The predicted octanol–water partition coefficient (Wildman–Crippen LogP) is 5.90. The maximum Gasteiger partial charge on any atom is 0.245 e. The Kier molecular flexibility index (Phi) is 6.78. The number of hydrogen-bond donors (Lipinski definition) is 1. The number of amides is 2. The van der Waals surface area contributed by atoms with Crippen molar-refractivity contribution in [2.75, 3.05) is 11.9 Å². The standard InChI is InChI=1S/C32H28N4O3/c37-31(33-30-20-29(24-13-6-2-7-14-24)34-36(30)25-15-8-3-9-16-25)22-35(21-26-17-10-18-39-26)32(38)28-19-27(28)23-11-4-1-5-12-23/h1-18,20,27-28H,19,21-22H2,(H,33,37)/t27-,28+/m0/s1. The summed E-state index contributed by atoms with van der Waals surface area (Å²) in [5, 5.41) is 7.77. The summed E-state index contributed by atoms with van der Waals surface area (Å²) < 4.78 is 7.23. The topological polar surface area (TPSA) is 80.4 Å². The average molecular weight is 517 g/mol. The Morgan fingerprint density at radius 2 is 1.59 bits per heavy atom. The van der Waals surface area contributed by atoms with Crippen LogP contribution in [0.2, 0.25) is 0 Å². The first-order valence-corrected chi connectivity index (χ1v) is 13.0. The third-order valence-corrected chi connectivity index (χ3v) is 6.96. The fraction of sp³-hybridized carbons (Fsp3) is 0.156. The van der Waals surface area contributed by atoms with Crippen LogP contribution in [0.3, 0.4) is 0 Å². The van der Waals surface area contributed by atoms with Crippen molar-refractivity contribution in [3.05, 3.63) is 127 Å². The molecule has 5 aromatic rings. The van der Waals surface area contributed by atoms with Crippen molar-refractivity contribution in [2.45, 2.75) is 18.9 Å². The van der Waals surface area contributed by atoms with E-state index in [4.69, 9.17) is 9.52 Å². The molecule has 1 saturated carbocycles. The normalized spacial score (nSPS) is 16.0. The van der Waals surface area contributed by atoms with Gasteiger partial charge in [-0.15, -0.1) is 0 Å². The molecule has 0 bridgehead atoms. The highest BCUT2D eigenvalue weighted by molar-refractivity contribution is 5.95. The second-order valence-corrected chi connectivity index (χ2v) is 9.71. The van der Waals surface area contributed by atoms with E-state index in [-0.39, 0.29) is 36.7 Å². The number of nitrogens with zero attached hydrogens (tertiary/aromatic N) is 3. The van der Waals surface area contributed by atoms with E-state index in [9.17, 15) is 9.59 Å². The Hall–Kier alpha value is -4.91. The molecule has 2 atom stereocenters. The van der Waals surface area contributed by atoms with Crippen LogP contribution in [0.25, 0.3) is 16.9 Å². The summed E-state index contributed by atoms with van der Waals surface area (Å²) in [7, 11) is 0. The van der Waals surface area contributed by atoms with Gasteiger partial charge in [0.1, 0.15) is 18.1 Å². The van der Waals surface area contributed by atoms with E-state index in [1.165, 1.54) is 0 Å². The van der Waals surface area contributed by atoms with Crippen LogP contribution in [0.5, 0.6) is 0 Å². The minimum absolute atomic E-state index is 0.0445. The number of carbonyl (C=O) groups excluding carboxylic acids is 2. The third-order valence-electron chi connectivity index (χ3n) is 6.96. The fourth-order valence-electron chi connectivity index (χ4n) is 4.92. The molecule has 0 saturated heterocycles. The lowest BCUT2D eigenvalue weighted by Gasteiger charge is -2.21. The van der Waals surface area contributed by atoms with Crippen LogP contribution in [0.1, 0.15) is 23.7 Å². The number of rotatable bonds is 9. The van der Waals surface area contributed by atoms with Gasteiger partial charge in [0.2, 0.25) is 11.8 Å². The van der Waals surface area contributed by atoms with Gasteiger partial charge in [0.05, 0.1) is 24.2 Å². The zero-order chi connectivity index (χ0) is 26.6. The summed E-state index contributed by atoms with van der Waals surface area (Å²) in [5.74, 6) is 0.849. The summed E-state index contributed by atoms with van der Waals surface area (Å²) in [5.41, 5.74) is 3.65. The molecule has 2 amide bonds. The van der Waals surface area contributed by atoms with Gasteiger partial charge in [-0.3, -0.25) is 9.59 Å². The maximum absolute atomic E-state index is 13.6. The van der Waals surface area contributed by atoms with Crippen LogP contribution < -0.4 is 5.32 Å². The molecular formula is C32H28N4O3. The van der Waals surface area contributed by atoms with E-state index in [1.54, 1.807) is 21.9 Å². The number of hydrogen-bond acceptors (Lipinski definition) is 4. The van der Waals surface area contributed by atoms with Crippen LogP contribution in [0.4, 0.5) is 5.82 Å². The Balaban J connectivity index is 1.23. The summed E-state index contributed by atoms with van der Waals surface area (Å²) in [6, 6.07) is 35.0. The first-order chi connectivity index (χ1) is 19.2. The second-order valence-electron chi connectivity index (χ2n) is 9.71. The molecule has 1 aliphatic carbocycles. The highest BCUT2D eigenvalue weighted by Gasteiger charge is 2.46. The van der Waals surface area contributed by atoms with Crippen molar-refractivity contribution in [1.29, 1.82) is 0 Å². The molecule has 39 heavy (non-hydrogen) atoms. The Morgan fingerprint density at radius 1 is 0.897 bits per heavy atom. The Bertz CT molecular complexity index is 1550. The SMILES string of the molecule is O=C(CN(Cc1ccco1)C(=O)[C@@H]1C[C@H]1c1ccccc1)Nc1cc(-c2ccccc2)nn1-c1ccccc1. The van der Waals surface area contributed by atoms with Crippen LogP contribution >= 0.6 is 0 Å². The van der Waals surface area contributed by atoms with E-state index in [0.717, 1.165) is 28.9 Å². The molecular weight excluding hydrogens is 488 g/mol. The minimum Gasteiger partial charge on any atom is -0.467 e. The molecule has 3 aromatic carbocycles. The molecule has 2 heterocycles. The van der Waals surface area contributed by atoms with Gasteiger partial charge >= 0.3 is 0 Å². The van der Waals surface area contributed by atoms with Crippen molar-refractivity contribution >= 4 is 17.6 Å². The van der Waals surface area contributed by atoms with E-state index >= 15 is 0 Å². The minimum atomic E-state index is -0.302. The molecule has 0 unspecified atom stereocenters. The lowest BCUT2D eigenvalue weighted by atomic mass is 10.1. The van der Waals surface area contributed by atoms with E-state index < -0.39 is 0 Å². The molecule has 7 heteroatoms. The Morgan fingerprint density at radius 3 is 2.28 bits per heavy atom. The fourth-order valence-corrected chi connectivity index (χ4v) is 4.92. The highest BCUT2D eigenvalue weighted by atomic mass is 16.3. The van der Waals surface area contributed by atoms with Gasteiger partial charge in [-0.2, -0.15) is 5.10 Å². The van der Waals surface area contributed by atoms with Gasteiger partial charge in [0.15, 0.2) is 0 Å². The molecule has 0 aliphatic heterocycles. The first kappa shape index (κ1) is 24.4. The summed E-state index contributed by atoms with van der Waals surface area (Å²) in [4.78, 5) is 28.6. The number of furan rings is 1. The molecule has 0 radical (unpaired) electrons. The zero-order valence-corrected chi connectivity index (χ0v) is 21.3. The van der Waals surface area contributed by atoms with Gasteiger partial charge < -0.3 is 14.6 Å². The average Bonchev–Trinajstić information content (AvgIpc) is 3.40. The lowest BCUT2D eigenvalue weighted by Crippen LogP contribution is -2.38. The van der Waals surface area contributed by atoms with E-state index in [0.29, 0.717) is 11.6 Å². The quantitative estimate of drug-likeness (QED) is 0.264. The van der Waals surface area contributed by atoms with Gasteiger partial charge in [-0.25, -0.2) is 4.68 Å². The van der Waals surface area contributed by atoms with Crippen LogP contribution in [-0.4, -0.2) is 33.0 Å². The van der Waals surface area contributed by atoms with Gasteiger partial charge in [-0.05, 0) is 42.2 Å². The summed E-state index contributed by atoms with van der Waals surface area (Å²) in [6.07, 6.45) is 2.35. The summed E-state index contributed by atoms with van der Waals surface area (Å²) in [6.45, 7) is 0.128. The number of nitrogens with one attached hydrogen (secondary N) is 1. The van der Waals surface area contributed by atoms with Crippen molar-refractivity contribution in [2.24, 2.45) is 5.92 Å². The van der Waals surface area contributed by atoms with Crippen LogP contribution in [0.15, 0.2) is 120 Å². The Labute approximate surface area is 226 Å². The first-order valence-electron chi connectivity index (χ1n) is 13.0. The monoisotopic (exact) mass is 516 g/mol. The van der Waals surface area contributed by atoms with Crippen molar-refractivity contribution in [3.63, 3.8) is 0 Å². The van der Waals surface area contributed by atoms with Crippen LogP contribution in [-0.2, 0) is 16.1 Å². The molecule has 1 aliphatic rings. The lowest BCUT2D eigenvalue weighted by molar-refractivity contribution is -0.136. The highest BCUT2D eigenvalue weighted by Crippen LogP contribution is 2.48. The molecule has 1 fully saturated rings. The largest absolute Gasteiger partial charge is 0.467 e. The van der Waals surface area contributed by atoms with Crippen molar-refractivity contribution < 1.29 is 14.0 Å². The molecule has 7 nitrogen and oxygen atoms in total. The van der Waals surface area contributed by atoms with Gasteiger partial charge in [0, 0.05) is 17.5 Å². The van der Waals surface area contributed by atoms with Crippen LogP contribution in [0, 0.1) is 5.92 Å². The zero-order valence-electron chi connectivity index (χ0n) is 21.3. The van der Waals surface area contributed by atoms with Crippen molar-refractivity contribution in [3.8, 4) is 16.9 Å². The smallest absolute Gasteiger partial charge is 0.245 e.